The lowest BCUT2D eigenvalue weighted by Gasteiger charge is -2.32. The topological polar surface area (TPSA) is 80.5 Å². The lowest BCUT2D eigenvalue weighted by Crippen LogP contribution is -2.45. The van der Waals surface area contributed by atoms with Crippen LogP contribution in [0.3, 0.4) is 0 Å². The molecule has 1 amide bonds. The van der Waals surface area contributed by atoms with Crippen molar-refractivity contribution in [2.24, 2.45) is 5.92 Å². The summed E-state index contributed by atoms with van der Waals surface area (Å²) < 4.78 is 29.5. The maximum absolute atomic E-state index is 12.3. The summed E-state index contributed by atoms with van der Waals surface area (Å²) in [6.45, 7) is 6.59. The van der Waals surface area contributed by atoms with Gasteiger partial charge in [-0.1, -0.05) is 12.1 Å². The Balaban J connectivity index is 2.03. The first-order valence-electron chi connectivity index (χ1n) is 7.22. The van der Waals surface area contributed by atoms with Gasteiger partial charge in [-0.3, -0.25) is 4.79 Å². The summed E-state index contributed by atoms with van der Waals surface area (Å²) in [7, 11) is -3.58. The van der Waals surface area contributed by atoms with Gasteiger partial charge in [0.2, 0.25) is 5.91 Å². The zero-order valence-electron chi connectivity index (χ0n) is 12.7. The minimum atomic E-state index is -3.58. The molecule has 0 saturated carbocycles. The third-order valence-electron chi connectivity index (χ3n) is 4.01. The fourth-order valence-electron chi connectivity index (χ4n) is 2.46. The molecule has 1 aromatic heterocycles. The Morgan fingerprint density at radius 1 is 1.48 bits per heavy atom. The van der Waals surface area contributed by atoms with E-state index in [0.29, 0.717) is 30.5 Å². The average Bonchev–Trinajstić information content (AvgIpc) is 2.82. The van der Waals surface area contributed by atoms with Crippen LogP contribution in [0.15, 0.2) is 10.6 Å². The zero-order valence-corrected chi connectivity index (χ0v) is 13.5. The Bertz CT molecular complexity index is 600. The van der Waals surface area contributed by atoms with E-state index >= 15 is 0 Å². The van der Waals surface area contributed by atoms with Crippen LogP contribution in [0.4, 0.5) is 0 Å². The van der Waals surface area contributed by atoms with Crippen molar-refractivity contribution >= 4 is 15.7 Å². The van der Waals surface area contributed by atoms with E-state index in [9.17, 15) is 13.2 Å². The molecule has 0 aromatic carbocycles. The Morgan fingerprint density at radius 2 is 2.10 bits per heavy atom. The number of hydrogen-bond acceptors (Lipinski definition) is 5. The van der Waals surface area contributed by atoms with Crippen LogP contribution in [0.2, 0.25) is 0 Å². The van der Waals surface area contributed by atoms with Gasteiger partial charge < -0.3 is 9.42 Å². The third kappa shape index (κ3) is 3.84. The van der Waals surface area contributed by atoms with Crippen molar-refractivity contribution in [2.75, 3.05) is 13.1 Å². The number of likely N-dealkylation sites (tertiary alicyclic amines) is 1. The van der Waals surface area contributed by atoms with E-state index in [1.54, 1.807) is 17.9 Å². The van der Waals surface area contributed by atoms with Crippen molar-refractivity contribution in [3.05, 3.63) is 17.5 Å². The molecule has 1 saturated heterocycles. The number of aromatic nitrogens is 1. The number of piperidine rings is 1. The second-order valence-electron chi connectivity index (χ2n) is 5.89. The van der Waals surface area contributed by atoms with Crippen LogP contribution in [0, 0.1) is 12.8 Å². The molecule has 0 N–H and O–H groups in total. The van der Waals surface area contributed by atoms with E-state index in [-0.39, 0.29) is 11.7 Å². The summed E-state index contributed by atoms with van der Waals surface area (Å²) in [5.41, 5.74) is 0.347. The SMILES string of the molecule is Cc1cc(CS(=O)(=O)C(C)C(=O)N2CCC(C)CC2)no1. The first kappa shape index (κ1) is 16.0. The maximum Gasteiger partial charge on any atom is 0.240 e. The molecule has 118 valence electrons. The van der Waals surface area contributed by atoms with Crippen molar-refractivity contribution in [2.45, 2.75) is 44.6 Å². The number of nitrogens with zero attached hydrogens (tertiary/aromatic N) is 2. The standard InChI is InChI=1S/C14H22N2O4S/c1-10-4-6-16(7-5-10)14(17)12(3)21(18,19)9-13-8-11(2)20-15-13/h8,10,12H,4-7,9H2,1-3H3. The molecule has 1 aliphatic rings. The second kappa shape index (κ2) is 6.17. The third-order valence-corrected chi connectivity index (χ3v) is 5.98. The van der Waals surface area contributed by atoms with Crippen molar-refractivity contribution < 1.29 is 17.7 Å². The fraction of sp³-hybridized carbons (Fsp3) is 0.714. The van der Waals surface area contributed by atoms with Crippen LogP contribution in [0.25, 0.3) is 0 Å². The summed E-state index contributed by atoms with van der Waals surface area (Å²) in [4.78, 5) is 14.0. The molecule has 1 unspecified atom stereocenters. The van der Waals surface area contributed by atoms with Crippen LogP contribution < -0.4 is 0 Å². The second-order valence-corrected chi connectivity index (χ2v) is 8.21. The van der Waals surface area contributed by atoms with Crippen molar-refractivity contribution in [3.8, 4) is 0 Å². The highest BCUT2D eigenvalue weighted by atomic mass is 32.2. The number of aryl methyl sites for hydroxylation is 1. The number of carbonyl (C=O) groups excluding carboxylic acids is 1. The van der Waals surface area contributed by atoms with Crippen molar-refractivity contribution in [3.63, 3.8) is 0 Å². The summed E-state index contributed by atoms with van der Waals surface area (Å²) in [5.74, 6) is 0.590. The van der Waals surface area contributed by atoms with Crippen molar-refractivity contribution in [1.82, 2.24) is 10.1 Å². The monoisotopic (exact) mass is 314 g/mol. The van der Waals surface area contributed by atoms with Gasteiger partial charge in [0.1, 0.15) is 11.0 Å². The maximum atomic E-state index is 12.3. The van der Waals surface area contributed by atoms with Crippen LogP contribution in [-0.2, 0) is 20.4 Å². The highest BCUT2D eigenvalue weighted by Crippen LogP contribution is 2.19. The fourth-order valence-corrected chi connectivity index (χ4v) is 3.71. The predicted molar refractivity (Wildman–Crippen MR) is 78.3 cm³/mol. The normalized spacial score (nSPS) is 18.7. The molecule has 0 aliphatic carbocycles. The number of sulfone groups is 1. The van der Waals surface area contributed by atoms with Gasteiger partial charge in [0.25, 0.3) is 0 Å². The van der Waals surface area contributed by atoms with Gasteiger partial charge in [-0.15, -0.1) is 0 Å². The molecule has 1 fully saturated rings. The van der Waals surface area contributed by atoms with Gasteiger partial charge in [-0.25, -0.2) is 8.42 Å². The van der Waals surface area contributed by atoms with Crippen LogP contribution in [-0.4, -0.2) is 42.7 Å². The van der Waals surface area contributed by atoms with Crippen LogP contribution >= 0.6 is 0 Å². The van der Waals surface area contributed by atoms with E-state index in [2.05, 4.69) is 12.1 Å². The van der Waals surface area contributed by atoms with Gasteiger partial charge in [0.05, 0.1) is 11.4 Å². The predicted octanol–water partition coefficient (Wildman–Crippen LogP) is 1.54. The Labute approximate surface area is 125 Å². The largest absolute Gasteiger partial charge is 0.361 e. The Morgan fingerprint density at radius 3 is 2.62 bits per heavy atom. The van der Waals surface area contributed by atoms with E-state index in [0.717, 1.165) is 12.8 Å². The summed E-state index contributed by atoms with van der Waals surface area (Å²) in [6.07, 6.45) is 1.86. The average molecular weight is 314 g/mol. The molecule has 0 radical (unpaired) electrons. The summed E-state index contributed by atoms with van der Waals surface area (Å²) >= 11 is 0. The van der Waals surface area contributed by atoms with E-state index < -0.39 is 15.1 Å². The molecule has 2 rings (SSSR count). The van der Waals surface area contributed by atoms with Crippen LogP contribution in [0.5, 0.6) is 0 Å². The molecular formula is C14H22N2O4S. The Hall–Kier alpha value is -1.37. The lowest BCUT2D eigenvalue weighted by atomic mass is 9.99. The minimum absolute atomic E-state index is 0.262. The molecule has 1 atom stereocenters. The zero-order chi connectivity index (χ0) is 15.6. The van der Waals surface area contributed by atoms with E-state index in [4.69, 9.17) is 4.52 Å². The number of hydrogen-bond donors (Lipinski definition) is 0. The highest BCUT2D eigenvalue weighted by molar-refractivity contribution is 7.92. The first-order chi connectivity index (χ1) is 9.79. The molecule has 0 spiro atoms. The molecule has 0 bridgehead atoms. The number of carbonyl (C=O) groups is 1. The number of amides is 1. The molecule has 2 heterocycles. The smallest absolute Gasteiger partial charge is 0.240 e. The van der Waals surface area contributed by atoms with Gasteiger partial charge >= 0.3 is 0 Å². The highest BCUT2D eigenvalue weighted by Gasteiger charge is 2.33. The first-order valence-corrected chi connectivity index (χ1v) is 8.93. The quantitative estimate of drug-likeness (QED) is 0.842. The van der Waals surface area contributed by atoms with Crippen LogP contribution in [0.1, 0.15) is 38.1 Å². The lowest BCUT2D eigenvalue weighted by molar-refractivity contribution is -0.131. The van der Waals surface area contributed by atoms with Gasteiger partial charge in [-0.2, -0.15) is 0 Å². The van der Waals surface area contributed by atoms with Crippen molar-refractivity contribution in [1.29, 1.82) is 0 Å². The van der Waals surface area contributed by atoms with E-state index in [1.807, 2.05) is 0 Å². The van der Waals surface area contributed by atoms with Gasteiger partial charge in [0.15, 0.2) is 9.84 Å². The number of rotatable bonds is 4. The van der Waals surface area contributed by atoms with Gasteiger partial charge in [-0.05, 0) is 32.6 Å². The minimum Gasteiger partial charge on any atom is -0.361 e. The van der Waals surface area contributed by atoms with E-state index in [1.165, 1.54) is 6.92 Å². The molecular weight excluding hydrogens is 292 g/mol. The Kier molecular flexibility index (Phi) is 4.70. The molecule has 7 heteroatoms. The van der Waals surface area contributed by atoms with Gasteiger partial charge in [0, 0.05) is 19.2 Å². The summed E-state index contributed by atoms with van der Waals surface area (Å²) in [6, 6.07) is 1.58. The molecule has 1 aromatic rings. The molecule has 6 nitrogen and oxygen atoms in total. The molecule has 1 aliphatic heterocycles. The summed E-state index contributed by atoms with van der Waals surface area (Å²) in [5, 5.41) is 2.65. The molecule has 21 heavy (non-hydrogen) atoms.